The Morgan fingerprint density at radius 2 is 1.94 bits per heavy atom. The molecule has 0 amide bonds. The minimum Gasteiger partial charge on any atom is -0.369 e. The van der Waals surface area contributed by atoms with E-state index in [4.69, 9.17) is 5.73 Å². The number of hydrogen-bond acceptors (Lipinski definition) is 2. The van der Waals surface area contributed by atoms with Crippen LogP contribution in [0, 0.1) is 12.7 Å². The Morgan fingerprint density at radius 1 is 1.17 bits per heavy atom. The normalized spacial score (nSPS) is 11.0. The van der Waals surface area contributed by atoms with E-state index < -0.39 is 0 Å². The molecule has 0 atom stereocenters. The second-order valence-corrected chi connectivity index (χ2v) is 4.22. The summed E-state index contributed by atoms with van der Waals surface area (Å²) in [6.07, 6.45) is 0. The summed E-state index contributed by atoms with van der Waals surface area (Å²) in [7, 11) is 0. The molecule has 18 heavy (non-hydrogen) atoms. The van der Waals surface area contributed by atoms with Gasteiger partial charge in [0.15, 0.2) is 0 Å². The van der Waals surface area contributed by atoms with Crippen LogP contribution in [0.1, 0.15) is 5.56 Å². The molecule has 3 nitrogen and oxygen atoms in total. The van der Waals surface area contributed by atoms with E-state index in [1.165, 1.54) is 12.1 Å². The number of imidazole rings is 1. The number of aryl methyl sites for hydroxylation is 1. The average Bonchev–Trinajstić information content (AvgIpc) is 2.65. The Morgan fingerprint density at radius 3 is 2.72 bits per heavy atom. The molecule has 3 rings (SSSR count). The van der Waals surface area contributed by atoms with Crippen LogP contribution in [-0.4, -0.2) is 9.55 Å². The summed E-state index contributed by atoms with van der Waals surface area (Å²) in [6, 6.07) is 12.4. The summed E-state index contributed by atoms with van der Waals surface area (Å²) >= 11 is 0. The molecule has 0 aliphatic heterocycles. The van der Waals surface area contributed by atoms with Gasteiger partial charge in [-0.25, -0.2) is 9.37 Å². The lowest BCUT2D eigenvalue weighted by Gasteiger charge is -2.09. The average molecular weight is 241 g/mol. The van der Waals surface area contributed by atoms with Gasteiger partial charge in [0, 0.05) is 6.07 Å². The fraction of sp³-hybridized carbons (Fsp3) is 0.0714. The van der Waals surface area contributed by atoms with E-state index in [-0.39, 0.29) is 5.82 Å². The third kappa shape index (κ3) is 1.54. The predicted octanol–water partition coefficient (Wildman–Crippen LogP) is 3.06. The SMILES string of the molecule is Cc1ccccc1-n1c(N)nc2cc(F)ccc21. The quantitative estimate of drug-likeness (QED) is 0.711. The summed E-state index contributed by atoms with van der Waals surface area (Å²) in [5, 5.41) is 0. The predicted molar refractivity (Wildman–Crippen MR) is 70.2 cm³/mol. The second kappa shape index (κ2) is 3.84. The third-order valence-corrected chi connectivity index (χ3v) is 3.00. The van der Waals surface area contributed by atoms with Crippen LogP contribution in [0.15, 0.2) is 42.5 Å². The molecule has 3 aromatic rings. The summed E-state index contributed by atoms with van der Waals surface area (Å²) in [6.45, 7) is 2.00. The first-order chi connectivity index (χ1) is 8.66. The number of nitrogens with zero attached hydrogens (tertiary/aromatic N) is 2. The van der Waals surface area contributed by atoms with Crippen LogP contribution < -0.4 is 5.73 Å². The van der Waals surface area contributed by atoms with Gasteiger partial charge in [-0.1, -0.05) is 18.2 Å². The lowest BCUT2D eigenvalue weighted by Crippen LogP contribution is -2.02. The Bertz CT molecular complexity index is 731. The van der Waals surface area contributed by atoms with E-state index >= 15 is 0 Å². The van der Waals surface area contributed by atoms with Crippen molar-refractivity contribution >= 4 is 17.0 Å². The number of anilines is 1. The third-order valence-electron chi connectivity index (χ3n) is 3.00. The molecule has 0 spiro atoms. The molecular weight excluding hydrogens is 229 g/mol. The van der Waals surface area contributed by atoms with Crippen LogP contribution in [0.5, 0.6) is 0 Å². The Labute approximate surface area is 104 Å². The number of rotatable bonds is 1. The topological polar surface area (TPSA) is 43.8 Å². The van der Waals surface area contributed by atoms with Gasteiger partial charge in [-0.05, 0) is 30.7 Å². The molecule has 1 aromatic heterocycles. The molecule has 0 unspecified atom stereocenters. The van der Waals surface area contributed by atoms with Gasteiger partial charge in [0.25, 0.3) is 0 Å². The summed E-state index contributed by atoms with van der Waals surface area (Å²) in [5.41, 5.74) is 9.36. The largest absolute Gasteiger partial charge is 0.369 e. The number of hydrogen-bond donors (Lipinski definition) is 1. The van der Waals surface area contributed by atoms with Crippen molar-refractivity contribution in [2.75, 3.05) is 5.73 Å². The Balaban J connectivity index is 2.36. The van der Waals surface area contributed by atoms with Crippen molar-refractivity contribution in [2.24, 2.45) is 0 Å². The number of halogens is 1. The lowest BCUT2D eigenvalue weighted by molar-refractivity contribution is 0.629. The fourth-order valence-electron chi connectivity index (χ4n) is 2.14. The van der Waals surface area contributed by atoms with Gasteiger partial charge >= 0.3 is 0 Å². The first-order valence-electron chi connectivity index (χ1n) is 5.66. The molecule has 0 fully saturated rings. The highest BCUT2D eigenvalue weighted by atomic mass is 19.1. The fourth-order valence-corrected chi connectivity index (χ4v) is 2.14. The molecule has 0 radical (unpaired) electrons. The van der Waals surface area contributed by atoms with Gasteiger partial charge in [-0.3, -0.25) is 4.57 Å². The zero-order valence-electron chi connectivity index (χ0n) is 9.89. The Kier molecular flexibility index (Phi) is 2.30. The van der Waals surface area contributed by atoms with Gasteiger partial charge < -0.3 is 5.73 Å². The van der Waals surface area contributed by atoms with E-state index in [1.54, 1.807) is 6.07 Å². The van der Waals surface area contributed by atoms with Gasteiger partial charge in [0.2, 0.25) is 5.95 Å². The van der Waals surface area contributed by atoms with Crippen molar-refractivity contribution in [1.29, 1.82) is 0 Å². The molecule has 0 aliphatic carbocycles. The van der Waals surface area contributed by atoms with Crippen molar-refractivity contribution in [3.63, 3.8) is 0 Å². The molecule has 0 aliphatic rings. The van der Waals surface area contributed by atoms with Crippen LogP contribution in [0.2, 0.25) is 0 Å². The van der Waals surface area contributed by atoms with Crippen LogP contribution in [0.4, 0.5) is 10.3 Å². The Hall–Kier alpha value is -2.36. The zero-order valence-corrected chi connectivity index (χ0v) is 9.89. The first kappa shape index (κ1) is 10.8. The minimum absolute atomic E-state index is 0.308. The molecule has 0 bridgehead atoms. The number of fused-ring (bicyclic) bond motifs is 1. The number of nitrogen functional groups attached to an aromatic ring is 1. The highest BCUT2D eigenvalue weighted by Gasteiger charge is 2.11. The van der Waals surface area contributed by atoms with Crippen LogP contribution in [0.3, 0.4) is 0 Å². The van der Waals surface area contributed by atoms with Crippen LogP contribution >= 0.6 is 0 Å². The van der Waals surface area contributed by atoms with E-state index in [1.807, 2.05) is 35.8 Å². The number of para-hydroxylation sites is 1. The van der Waals surface area contributed by atoms with Crippen molar-refractivity contribution in [1.82, 2.24) is 9.55 Å². The smallest absolute Gasteiger partial charge is 0.205 e. The van der Waals surface area contributed by atoms with E-state index in [0.717, 1.165) is 16.8 Å². The van der Waals surface area contributed by atoms with Crippen molar-refractivity contribution < 1.29 is 4.39 Å². The van der Waals surface area contributed by atoms with E-state index in [0.29, 0.717) is 11.5 Å². The van der Waals surface area contributed by atoms with Gasteiger partial charge in [0.1, 0.15) is 5.82 Å². The molecule has 1 heterocycles. The summed E-state index contributed by atoms with van der Waals surface area (Å²) < 4.78 is 15.0. The number of aromatic nitrogens is 2. The lowest BCUT2D eigenvalue weighted by atomic mass is 10.2. The molecule has 90 valence electrons. The second-order valence-electron chi connectivity index (χ2n) is 4.22. The maximum absolute atomic E-state index is 13.2. The van der Waals surface area contributed by atoms with Gasteiger partial charge in [0.05, 0.1) is 16.7 Å². The zero-order chi connectivity index (χ0) is 12.7. The minimum atomic E-state index is -0.308. The molecule has 4 heteroatoms. The van der Waals surface area contributed by atoms with Crippen molar-refractivity contribution in [2.45, 2.75) is 6.92 Å². The standard InChI is InChI=1S/C14H12FN3/c1-9-4-2-3-5-12(9)18-13-7-6-10(15)8-11(13)17-14(18)16/h2-8H,1H3,(H2,16,17). The number of benzene rings is 2. The van der Waals surface area contributed by atoms with Crippen molar-refractivity contribution in [3.8, 4) is 5.69 Å². The van der Waals surface area contributed by atoms with E-state index in [2.05, 4.69) is 4.98 Å². The number of nitrogens with two attached hydrogens (primary N) is 1. The molecule has 0 saturated heterocycles. The molecule has 0 saturated carbocycles. The van der Waals surface area contributed by atoms with Gasteiger partial charge in [-0.2, -0.15) is 0 Å². The van der Waals surface area contributed by atoms with E-state index in [9.17, 15) is 4.39 Å². The first-order valence-corrected chi connectivity index (χ1v) is 5.66. The monoisotopic (exact) mass is 241 g/mol. The summed E-state index contributed by atoms with van der Waals surface area (Å²) in [5.74, 6) is 0.0573. The highest BCUT2D eigenvalue weighted by molar-refractivity contribution is 5.81. The summed E-state index contributed by atoms with van der Waals surface area (Å²) in [4.78, 5) is 4.19. The van der Waals surface area contributed by atoms with Gasteiger partial charge in [-0.15, -0.1) is 0 Å². The maximum atomic E-state index is 13.2. The highest BCUT2D eigenvalue weighted by Crippen LogP contribution is 2.25. The molecule has 2 N–H and O–H groups in total. The van der Waals surface area contributed by atoms with Crippen LogP contribution in [-0.2, 0) is 0 Å². The van der Waals surface area contributed by atoms with Crippen molar-refractivity contribution in [3.05, 3.63) is 53.8 Å². The molecular formula is C14H12FN3. The maximum Gasteiger partial charge on any atom is 0.205 e. The molecule has 2 aromatic carbocycles. The van der Waals surface area contributed by atoms with Crippen LogP contribution in [0.25, 0.3) is 16.7 Å².